The van der Waals surface area contributed by atoms with E-state index in [1.165, 1.54) is 5.56 Å². The van der Waals surface area contributed by atoms with Crippen molar-refractivity contribution in [2.24, 2.45) is 5.10 Å². The monoisotopic (exact) mass is 388 g/mol. The van der Waals surface area contributed by atoms with E-state index < -0.39 is 0 Å². The van der Waals surface area contributed by atoms with Crippen LogP contribution in [0.5, 0.6) is 5.75 Å². The van der Waals surface area contributed by atoms with Crippen LogP contribution in [0.25, 0.3) is 0 Å². The van der Waals surface area contributed by atoms with Crippen LogP contribution in [0.3, 0.4) is 0 Å². The van der Waals surface area contributed by atoms with Crippen molar-refractivity contribution in [3.8, 4) is 5.75 Å². The molecule has 2 aromatic rings. The van der Waals surface area contributed by atoms with Gasteiger partial charge in [0.2, 0.25) is 0 Å². The van der Waals surface area contributed by atoms with Crippen molar-refractivity contribution in [3.05, 3.63) is 64.1 Å². The van der Waals surface area contributed by atoms with Crippen molar-refractivity contribution in [2.45, 2.75) is 26.7 Å². The lowest BCUT2D eigenvalue weighted by molar-refractivity contribution is -0.123. The minimum Gasteiger partial charge on any atom is -0.483 e. The molecule has 0 saturated heterocycles. The number of carbonyl (C=O) groups is 1. The lowest BCUT2D eigenvalue weighted by atomic mass is 10.1. The molecular formula is C19H21BrN2O2. The first-order chi connectivity index (χ1) is 11.6. The fourth-order valence-corrected chi connectivity index (χ4v) is 2.71. The van der Waals surface area contributed by atoms with Crippen LogP contribution in [0.1, 0.15) is 31.4 Å². The fourth-order valence-electron chi connectivity index (χ4n) is 2.16. The molecule has 4 nitrogen and oxygen atoms in total. The van der Waals surface area contributed by atoms with Gasteiger partial charge in [-0.3, -0.25) is 4.79 Å². The van der Waals surface area contributed by atoms with Gasteiger partial charge in [0.15, 0.2) is 6.61 Å². The average Bonchev–Trinajstić information content (AvgIpc) is 2.62. The molecule has 0 bridgehead atoms. The van der Waals surface area contributed by atoms with E-state index >= 15 is 0 Å². The normalized spacial score (nSPS) is 11.2. The van der Waals surface area contributed by atoms with E-state index in [1.807, 2.05) is 55.5 Å². The number of halogens is 1. The number of nitrogens with one attached hydrogen (secondary N) is 1. The number of rotatable bonds is 7. The second kappa shape index (κ2) is 9.23. The Morgan fingerprint density at radius 3 is 2.54 bits per heavy atom. The number of benzene rings is 2. The van der Waals surface area contributed by atoms with Crippen LogP contribution in [-0.4, -0.2) is 18.2 Å². The SMILES string of the molecule is CC/C(=N/NC(=O)COc1ccc(CC)cc1Br)c1ccccc1. The number of nitrogens with zero attached hydrogens (tertiary/aromatic N) is 1. The molecule has 0 atom stereocenters. The molecule has 0 heterocycles. The second-order valence-corrected chi connectivity index (χ2v) is 6.07. The van der Waals surface area contributed by atoms with E-state index in [4.69, 9.17) is 4.74 Å². The number of hydrogen-bond donors (Lipinski definition) is 1. The zero-order valence-electron chi connectivity index (χ0n) is 13.9. The number of aryl methyl sites for hydroxylation is 1. The van der Waals surface area contributed by atoms with Gasteiger partial charge < -0.3 is 4.74 Å². The van der Waals surface area contributed by atoms with Gasteiger partial charge >= 0.3 is 0 Å². The van der Waals surface area contributed by atoms with Crippen LogP contribution in [-0.2, 0) is 11.2 Å². The van der Waals surface area contributed by atoms with Gasteiger partial charge in [-0.25, -0.2) is 5.43 Å². The number of hydrogen-bond acceptors (Lipinski definition) is 3. The molecule has 1 N–H and O–H groups in total. The van der Waals surface area contributed by atoms with Crippen LogP contribution < -0.4 is 10.2 Å². The molecule has 0 unspecified atom stereocenters. The zero-order valence-corrected chi connectivity index (χ0v) is 15.5. The Bertz CT molecular complexity index is 715. The molecule has 0 fully saturated rings. The summed E-state index contributed by atoms with van der Waals surface area (Å²) in [4.78, 5) is 11.9. The highest BCUT2D eigenvalue weighted by Gasteiger charge is 2.07. The molecule has 126 valence electrons. The van der Waals surface area contributed by atoms with Crippen LogP contribution in [0.4, 0.5) is 0 Å². The topological polar surface area (TPSA) is 50.7 Å². The molecule has 24 heavy (non-hydrogen) atoms. The quantitative estimate of drug-likeness (QED) is 0.566. The summed E-state index contributed by atoms with van der Waals surface area (Å²) in [6, 6.07) is 15.6. The first-order valence-corrected chi connectivity index (χ1v) is 8.75. The molecule has 0 aliphatic heterocycles. The highest BCUT2D eigenvalue weighted by molar-refractivity contribution is 9.10. The summed E-state index contributed by atoms with van der Waals surface area (Å²) in [5, 5.41) is 4.20. The van der Waals surface area contributed by atoms with Crippen LogP contribution >= 0.6 is 15.9 Å². The van der Waals surface area contributed by atoms with Gasteiger partial charge in [-0.1, -0.05) is 50.2 Å². The van der Waals surface area contributed by atoms with Crippen molar-refractivity contribution in [2.75, 3.05) is 6.61 Å². The van der Waals surface area contributed by atoms with Crippen molar-refractivity contribution < 1.29 is 9.53 Å². The Morgan fingerprint density at radius 2 is 1.92 bits per heavy atom. The maximum absolute atomic E-state index is 11.9. The summed E-state index contributed by atoms with van der Waals surface area (Å²) < 4.78 is 6.39. The second-order valence-electron chi connectivity index (χ2n) is 5.22. The van der Waals surface area contributed by atoms with E-state index in [-0.39, 0.29) is 12.5 Å². The van der Waals surface area contributed by atoms with Gasteiger partial charge in [-0.05, 0) is 52.0 Å². The summed E-state index contributed by atoms with van der Waals surface area (Å²) in [5.74, 6) is 0.355. The Hall–Kier alpha value is -2.14. The zero-order chi connectivity index (χ0) is 17.4. The van der Waals surface area contributed by atoms with E-state index in [2.05, 4.69) is 33.4 Å². The van der Waals surface area contributed by atoms with Gasteiger partial charge in [0.25, 0.3) is 5.91 Å². The number of hydrazone groups is 1. The summed E-state index contributed by atoms with van der Waals surface area (Å²) in [6.07, 6.45) is 1.68. The lowest BCUT2D eigenvalue weighted by Gasteiger charge is -2.09. The van der Waals surface area contributed by atoms with Gasteiger partial charge in [0.1, 0.15) is 5.75 Å². The highest BCUT2D eigenvalue weighted by Crippen LogP contribution is 2.26. The van der Waals surface area contributed by atoms with E-state index in [0.717, 1.165) is 28.6 Å². The first-order valence-electron chi connectivity index (χ1n) is 7.96. The van der Waals surface area contributed by atoms with Gasteiger partial charge in [-0.2, -0.15) is 5.10 Å². The first kappa shape index (κ1) is 18.2. The molecule has 2 aromatic carbocycles. The van der Waals surface area contributed by atoms with Crippen molar-refractivity contribution in [1.29, 1.82) is 0 Å². The Kier molecular flexibility index (Phi) is 7.00. The van der Waals surface area contributed by atoms with E-state index in [1.54, 1.807) is 0 Å². The molecule has 0 aromatic heterocycles. The molecular weight excluding hydrogens is 368 g/mol. The Morgan fingerprint density at radius 1 is 1.17 bits per heavy atom. The smallest absolute Gasteiger partial charge is 0.277 e. The van der Waals surface area contributed by atoms with Gasteiger partial charge in [0.05, 0.1) is 10.2 Å². The van der Waals surface area contributed by atoms with Gasteiger partial charge in [0, 0.05) is 0 Å². The third-order valence-electron chi connectivity index (χ3n) is 3.52. The number of carbonyl (C=O) groups excluding carboxylic acids is 1. The minimum absolute atomic E-state index is 0.0840. The van der Waals surface area contributed by atoms with Crippen LogP contribution in [0.15, 0.2) is 58.1 Å². The summed E-state index contributed by atoms with van der Waals surface area (Å²) in [7, 11) is 0. The third kappa shape index (κ3) is 5.20. The van der Waals surface area contributed by atoms with Gasteiger partial charge in [-0.15, -0.1) is 0 Å². The molecule has 5 heteroatoms. The maximum Gasteiger partial charge on any atom is 0.277 e. The minimum atomic E-state index is -0.289. The average molecular weight is 389 g/mol. The predicted octanol–water partition coefficient (Wildman–Crippen LogP) is 4.32. The molecule has 0 saturated carbocycles. The Labute approximate surface area is 151 Å². The molecule has 1 amide bonds. The fraction of sp³-hybridized carbons (Fsp3) is 0.263. The molecule has 2 rings (SSSR count). The maximum atomic E-state index is 11.9. The molecule has 0 aliphatic carbocycles. The standard InChI is InChI=1S/C19H21BrN2O2/c1-3-14-10-11-18(16(20)12-14)24-13-19(23)22-21-17(4-2)15-8-6-5-7-9-15/h5-12H,3-4,13H2,1-2H3,(H,22,23)/b21-17-. The van der Waals surface area contributed by atoms with Crippen molar-refractivity contribution in [3.63, 3.8) is 0 Å². The number of ether oxygens (including phenoxy) is 1. The highest BCUT2D eigenvalue weighted by atomic mass is 79.9. The van der Waals surface area contributed by atoms with Crippen molar-refractivity contribution in [1.82, 2.24) is 5.43 Å². The Balaban J connectivity index is 1.92. The van der Waals surface area contributed by atoms with Crippen LogP contribution in [0.2, 0.25) is 0 Å². The van der Waals surface area contributed by atoms with Crippen LogP contribution in [0, 0.1) is 0 Å². The molecule has 0 spiro atoms. The summed E-state index contributed by atoms with van der Waals surface area (Å²) >= 11 is 3.46. The third-order valence-corrected chi connectivity index (χ3v) is 4.14. The summed E-state index contributed by atoms with van der Waals surface area (Å²) in [6.45, 7) is 4.01. The molecule has 0 radical (unpaired) electrons. The van der Waals surface area contributed by atoms with Crippen molar-refractivity contribution >= 4 is 27.5 Å². The lowest BCUT2D eigenvalue weighted by Crippen LogP contribution is -2.26. The number of amides is 1. The summed E-state index contributed by atoms with van der Waals surface area (Å²) in [5.41, 5.74) is 5.59. The predicted molar refractivity (Wildman–Crippen MR) is 100 cm³/mol. The largest absolute Gasteiger partial charge is 0.483 e. The van der Waals surface area contributed by atoms with E-state index in [0.29, 0.717) is 5.75 Å². The van der Waals surface area contributed by atoms with E-state index in [9.17, 15) is 4.79 Å². The molecule has 0 aliphatic rings.